The summed E-state index contributed by atoms with van der Waals surface area (Å²) in [6, 6.07) is 8.85. The quantitative estimate of drug-likeness (QED) is 0.667. The molecule has 1 saturated heterocycles. The Morgan fingerprint density at radius 1 is 1.23 bits per heavy atom. The third-order valence-corrected chi connectivity index (χ3v) is 4.40. The fraction of sp³-hybridized carbons (Fsp3) is 0.450. The molecule has 1 unspecified atom stereocenters. The van der Waals surface area contributed by atoms with Crippen LogP contribution in [-0.4, -0.2) is 46.3 Å². The molecule has 140 valence electrons. The molecule has 2 rings (SSSR count). The van der Waals surface area contributed by atoms with Crippen molar-refractivity contribution in [3.8, 4) is 0 Å². The zero-order chi connectivity index (χ0) is 19.3. The van der Waals surface area contributed by atoms with Gasteiger partial charge in [-0.3, -0.25) is 19.8 Å². The van der Waals surface area contributed by atoms with Gasteiger partial charge in [-0.1, -0.05) is 24.8 Å². The van der Waals surface area contributed by atoms with Crippen LogP contribution in [0, 0.1) is 5.92 Å². The van der Waals surface area contributed by atoms with E-state index in [9.17, 15) is 14.4 Å². The van der Waals surface area contributed by atoms with Crippen molar-refractivity contribution in [2.75, 3.05) is 13.1 Å². The van der Waals surface area contributed by atoms with Crippen molar-refractivity contribution < 1.29 is 14.4 Å². The second-order valence-corrected chi connectivity index (χ2v) is 7.48. The minimum atomic E-state index is -0.589. The third kappa shape index (κ3) is 4.71. The number of benzene rings is 1. The van der Waals surface area contributed by atoms with E-state index in [1.807, 2.05) is 26.8 Å². The van der Waals surface area contributed by atoms with E-state index in [1.54, 1.807) is 29.2 Å². The van der Waals surface area contributed by atoms with Gasteiger partial charge in [-0.2, -0.15) is 0 Å². The monoisotopic (exact) mass is 357 g/mol. The molecule has 1 N–H and O–H groups in total. The Kier molecular flexibility index (Phi) is 6.18. The normalized spacial score (nSPS) is 17.3. The average molecular weight is 357 g/mol. The van der Waals surface area contributed by atoms with E-state index in [4.69, 9.17) is 0 Å². The third-order valence-electron chi connectivity index (χ3n) is 4.40. The summed E-state index contributed by atoms with van der Waals surface area (Å²) in [5.41, 5.74) is 2.70. The Bertz CT molecular complexity index is 679. The first-order chi connectivity index (χ1) is 12.2. The van der Waals surface area contributed by atoms with Gasteiger partial charge in [-0.05, 0) is 51.8 Å². The van der Waals surface area contributed by atoms with Gasteiger partial charge in [-0.25, -0.2) is 5.01 Å². The van der Waals surface area contributed by atoms with Crippen LogP contribution in [0.2, 0.25) is 0 Å². The maximum absolute atomic E-state index is 12.9. The number of hydrogen-bond donors (Lipinski definition) is 1. The van der Waals surface area contributed by atoms with E-state index in [-0.39, 0.29) is 23.6 Å². The highest BCUT2D eigenvalue weighted by atomic mass is 16.2. The summed E-state index contributed by atoms with van der Waals surface area (Å²) < 4.78 is 0. The predicted octanol–water partition coefficient (Wildman–Crippen LogP) is 2.38. The summed E-state index contributed by atoms with van der Waals surface area (Å²) in [7, 11) is 0. The molecule has 1 aliphatic rings. The van der Waals surface area contributed by atoms with Gasteiger partial charge < -0.3 is 4.90 Å². The lowest BCUT2D eigenvalue weighted by Crippen LogP contribution is -2.58. The molecule has 0 bridgehead atoms. The fourth-order valence-electron chi connectivity index (χ4n) is 2.95. The fourth-order valence-corrected chi connectivity index (χ4v) is 2.95. The molecule has 26 heavy (non-hydrogen) atoms. The van der Waals surface area contributed by atoms with Crippen LogP contribution >= 0.6 is 0 Å². The summed E-state index contributed by atoms with van der Waals surface area (Å²) in [4.78, 5) is 39.1. The Labute approximate surface area is 154 Å². The molecule has 1 aromatic rings. The van der Waals surface area contributed by atoms with Crippen molar-refractivity contribution in [2.45, 2.75) is 39.2 Å². The topological polar surface area (TPSA) is 69.7 Å². The van der Waals surface area contributed by atoms with Crippen molar-refractivity contribution in [1.29, 1.82) is 0 Å². The van der Waals surface area contributed by atoms with Crippen LogP contribution in [0.15, 0.2) is 43.0 Å². The lowest BCUT2D eigenvalue weighted by atomic mass is 9.97. The Morgan fingerprint density at radius 3 is 2.46 bits per heavy atom. The van der Waals surface area contributed by atoms with Crippen LogP contribution in [0.1, 0.15) is 44.0 Å². The van der Waals surface area contributed by atoms with E-state index in [0.29, 0.717) is 25.1 Å². The maximum Gasteiger partial charge on any atom is 0.272 e. The van der Waals surface area contributed by atoms with Gasteiger partial charge >= 0.3 is 0 Å². The summed E-state index contributed by atoms with van der Waals surface area (Å²) in [5, 5.41) is 1.37. The average Bonchev–Trinajstić information content (AvgIpc) is 2.64. The first-order valence-electron chi connectivity index (χ1n) is 8.85. The SMILES string of the molecule is C=CC(=O)N1CCCC(C(=O)NN(C(=O)c2ccccc2)C(C)(C)C)C1. The molecule has 0 saturated carbocycles. The number of rotatable bonds is 3. The number of nitrogens with one attached hydrogen (secondary N) is 1. The molecule has 6 nitrogen and oxygen atoms in total. The second-order valence-electron chi connectivity index (χ2n) is 7.48. The molecule has 1 aromatic carbocycles. The molecule has 0 spiro atoms. The summed E-state index contributed by atoms with van der Waals surface area (Å²) in [6.07, 6.45) is 2.70. The van der Waals surface area contributed by atoms with Crippen molar-refractivity contribution in [1.82, 2.24) is 15.3 Å². The number of likely N-dealkylation sites (tertiary alicyclic amines) is 1. The smallest absolute Gasteiger partial charge is 0.272 e. The summed E-state index contributed by atoms with van der Waals surface area (Å²) >= 11 is 0. The Hall–Kier alpha value is -2.63. The van der Waals surface area contributed by atoms with Gasteiger partial charge in [0.05, 0.1) is 11.5 Å². The van der Waals surface area contributed by atoms with E-state index < -0.39 is 5.54 Å². The molecule has 1 fully saturated rings. The minimum absolute atomic E-state index is 0.171. The van der Waals surface area contributed by atoms with E-state index in [1.165, 1.54) is 11.1 Å². The standard InChI is InChI=1S/C20H27N3O3/c1-5-17(24)22-13-9-12-16(14-22)18(25)21-23(20(2,3)4)19(26)15-10-7-6-8-11-15/h5-8,10-11,16H,1,9,12-14H2,2-4H3,(H,21,25). The Balaban J connectivity index is 2.13. The minimum Gasteiger partial charge on any atom is -0.338 e. The van der Waals surface area contributed by atoms with Crippen molar-refractivity contribution in [3.63, 3.8) is 0 Å². The van der Waals surface area contributed by atoms with Crippen molar-refractivity contribution in [3.05, 3.63) is 48.6 Å². The zero-order valence-corrected chi connectivity index (χ0v) is 15.7. The first-order valence-corrected chi connectivity index (χ1v) is 8.85. The van der Waals surface area contributed by atoms with Gasteiger partial charge in [-0.15, -0.1) is 0 Å². The molecular weight excluding hydrogens is 330 g/mol. The number of piperidine rings is 1. The molecule has 1 heterocycles. The second kappa shape index (κ2) is 8.17. The lowest BCUT2D eigenvalue weighted by molar-refractivity contribution is -0.135. The maximum atomic E-state index is 12.9. The highest BCUT2D eigenvalue weighted by Crippen LogP contribution is 2.20. The highest BCUT2D eigenvalue weighted by Gasteiger charge is 2.33. The van der Waals surface area contributed by atoms with Gasteiger partial charge in [0.25, 0.3) is 5.91 Å². The van der Waals surface area contributed by atoms with Gasteiger partial charge in [0.2, 0.25) is 11.8 Å². The van der Waals surface area contributed by atoms with Crippen LogP contribution in [0.25, 0.3) is 0 Å². The number of carbonyl (C=O) groups is 3. The molecular formula is C20H27N3O3. The molecule has 3 amide bonds. The number of carbonyl (C=O) groups excluding carboxylic acids is 3. The molecule has 0 aromatic heterocycles. The van der Waals surface area contributed by atoms with E-state index in [0.717, 1.165) is 6.42 Å². The van der Waals surface area contributed by atoms with Crippen molar-refractivity contribution in [2.24, 2.45) is 5.92 Å². The van der Waals surface area contributed by atoms with Crippen LogP contribution in [0.3, 0.4) is 0 Å². The van der Waals surface area contributed by atoms with Gasteiger partial charge in [0, 0.05) is 18.7 Å². The Morgan fingerprint density at radius 2 is 1.88 bits per heavy atom. The molecule has 1 atom stereocenters. The number of hydrazine groups is 1. The largest absolute Gasteiger partial charge is 0.338 e. The summed E-state index contributed by atoms with van der Waals surface area (Å²) in [5.74, 6) is -1.02. The lowest BCUT2D eigenvalue weighted by Gasteiger charge is -2.38. The molecule has 6 heteroatoms. The van der Waals surface area contributed by atoms with E-state index in [2.05, 4.69) is 12.0 Å². The van der Waals surface area contributed by atoms with E-state index >= 15 is 0 Å². The van der Waals surface area contributed by atoms with Gasteiger partial charge in [0.15, 0.2) is 0 Å². The number of hydrogen-bond acceptors (Lipinski definition) is 3. The van der Waals surface area contributed by atoms with Crippen LogP contribution in [0.5, 0.6) is 0 Å². The number of amides is 3. The molecule has 1 aliphatic heterocycles. The first kappa shape index (κ1) is 19.7. The van der Waals surface area contributed by atoms with Gasteiger partial charge in [0.1, 0.15) is 0 Å². The summed E-state index contributed by atoms with van der Waals surface area (Å²) in [6.45, 7) is 10.1. The highest BCUT2D eigenvalue weighted by molar-refractivity contribution is 5.96. The molecule has 0 aliphatic carbocycles. The predicted molar refractivity (Wildman–Crippen MR) is 100 cm³/mol. The molecule has 0 radical (unpaired) electrons. The van der Waals surface area contributed by atoms with Crippen LogP contribution in [-0.2, 0) is 9.59 Å². The van der Waals surface area contributed by atoms with Crippen LogP contribution in [0.4, 0.5) is 0 Å². The zero-order valence-electron chi connectivity index (χ0n) is 15.7. The number of nitrogens with zero attached hydrogens (tertiary/aromatic N) is 2. The van der Waals surface area contributed by atoms with Crippen molar-refractivity contribution >= 4 is 17.7 Å². The van der Waals surface area contributed by atoms with Crippen LogP contribution < -0.4 is 5.43 Å².